The second-order valence-electron chi connectivity index (χ2n) is 6.89. The number of hydrogen-bond acceptors (Lipinski definition) is 5. The molecular formula is C23H22N4O5S. The van der Waals surface area contributed by atoms with Crippen LogP contribution in [0.4, 0.5) is 0 Å². The van der Waals surface area contributed by atoms with Crippen LogP contribution in [-0.4, -0.2) is 32.7 Å². The van der Waals surface area contributed by atoms with Crippen LogP contribution >= 0.6 is 0 Å². The molecule has 0 atom stereocenters. The van der Waals surface area contributed by atoms with E-state index in [-0.39, 0.29) is 23.5 Å². The molecule has 0 saturated carbocycles. The molecule has 0 spiro atoms. The van der Waals surface area contributed by atoms with Crippen molar-refractivity contribution in [3.8, 4) is 0 Å². The van der Waals surface area contributed by atoms with Gasteiger partial charge in [0, 0.05) is 17.7 Å². The predicted octanol–water partition coefficient (Wildman–Crippen LogP) is 1.36. The third-order valence-corrected chi connectivity index (χ3v) is 5.88. The van der Waals surface area contributed by atoms with Gasteiger partial charge in [-0.15, -0.1) is 0 Å². The zero-order chi connectivity index (χ0) is 23.7. The summed E-state index contributed by atoms with van der Waals surface area (Å²) in [5.74, 6) is -1.79. The fourth-order valence-corrected chi connectivity index (χ4v) is 3.82. The summed E-state index contributed by atoms with van der Waals surface area (Å²) in [5, 5.41) is 2.43. The summed E-state index contributed by atoms with van der Waals surface area (Å²) in [6.07, 6.45) is 0. The summed E-state index contributed by atoms with van der Waals surface area (Å²) in [5.41, 5.74) is 5.59. The highest BCUT2D eigenvalue weighted by atomic mass is 32.2. The number of hydrazine groups is 1. The van der Waals surface area contributed by atoms with E-state index in [4.69, 9.17) is 0 Å². The van der Waals surface area contributed by atoms with Crippen LogP contribution < -0.4 is 20.9 Å². The number of carbonyl (C=O) groups excluding carboxylic acids is 3. The summed E-state index contributed by atoms with van der Waals surface area (Å²) in [6.45, 7) is -0.254. The first-order chi connectivity index (χ1) is 15.8. The van der Waals surface area contributed by atoms with Crippen molar-refractivity contribution in [2.75, 3.05) is 6.54 Å². The van der Waals surface area contributed by atoms with E-state index < -0.39 is 27.7 Å². The molecule has 4 N–H and O–H groups in total. The molecule has 9 nitrogen and oxygen atoms in total. The van der Waals surface area contributed by atoms with Crippen LogP contribution in [0.3, 0.4) is 0 Å². The first-order valence-corrected chi connectivity index (χ1v) is 11.4. The van der Waals surface area contributed by atoms with Crippen molar-refractivity contribution >= 4 is 27.7 Å². The van der Waals surface area contributed by atoms with Gasteiger partial charge in [-0.3, -0.25) is 25.2 Å². The Kier molecular flexibility index (Phi) is 7.90. The van der Waals surface area contributed by atoms with Crippen molar-refractivity contribution in [1.29, 1.82) is 0 Å². The molecule has 0 aliphatic rings. The normalized spacial score (nSPS) is 10.8. The summed E-state index contributed by atoms with van der Waals surface area (Å²) < 4.78 is 27.6. The molecule has 0 heterocycles. The van der Waals surface area contributed by atoms with E-state index in [1.54, 1.807) is 54.6 Å². The van der Waals surface area contributed by atoms with Crippen molar-refractivity contribution in [1.82, 2.24) is 20.9 Å². The van der Waals surface area contributed by atoms with E-state index >= 15 is 0 Å². The van der Waals surface area contributed by atoms with Gasteiger partial charge in [0.25, 0.3) is 17.7 Å². The minimum absolute atomic E-state index is 0.0335. The lowest BCUT2D eigenvalue weighted by Gasteiger charge is -2.10. The Morgan fingerprint density at radius 2 is 1.33 bits per heavy atom. The highest BCUT2D eigenvalue weighted by Crippen LogP contribution is 2.12. The van der Waals surface area contributed by atoms with Gasteiger partial charge >= 0.3 is 0 Å². The Labute approximate surface area is 191 Å². The summed E-state index contributed by atoms with van der Waals surface area (Å²) in [6, 6.07) is 22.8. The van der Waals surface area contributed by atoms with Gasteiger partial charge < -0.3 is 5.32 Å². The van der Waals surface area contributed by atoms with E-state index in [1.165, 1.54) is 24.3 Å². The molecule has 3 amide bonds. The van der Waals surface area contributed by atoms with E-state index in [0.717, 1.165) is 5.56 Å². The maximum atomic E-state index is 12.6. The molecule has 0 radical (unpaired) electrons. The Balaban J connectivity index is 1.52. The van der Waals surface area contributed by atoms with E-state index in [2.05, 4.69) is 20.9 Å². The number of rotatable bonds is 8. The SMILES string of the molecule is O=C(CNC(=O)c1ccccc1)NNC(=O)c1cccc(S(=O)(=O)NCc2ccccc2)c1. The van der Waals surface area contributed by atoms with E-state index in [0.29, 0.717) is 5.56 Å². The van der Waals surface area contributed by atoms with Crippen LogP contribution in [-0.2, 0) is 21.4 Å². The van der Waals surface area contributed by atoms with Gasteiger partial charge in [-0.05, 0) is 35.9 Å². The highest BCUT2D eigenvalue weighted by Gasteiger charge is 2.16. The summed E-state index contributed by atoms with van der Waals surface area (Å²) in [4.78, 5) is 36.1. The molecule has 170 valence electrons. The molecular weight excluding hydrogens is 444 g/mol. The summed E-state index contributed by atoms with van der Waals surface area (Å²) >= 11 is 0. The third kappa shape index (κ3) is 6.99. The molecule has 33 heavy (non-hydrogen) atoms. The van der Waals surface area contributed by atoms with Gasteiger partial charge in [-0.25, -0.2) is 13.1 Å². The lowest BCUT2D eigenvalue weighted by Crippen LogP contribution is -2.46. The minimum Gasteiger partial charge on any atom is -0.343 e. The predicted molar refractivity (Wildman–Crippen MR) is 121 cm³/mol. The zero-order valence-corrected chi connectivity index (χ0v) is 18.3. The van der Waals surface area contributed by atoms with Crippen molar-refractivity contribution < 1.29 is 22.8 Å². The van der Waals surface area contributed by atoms with Gasteiger partial charge in [0.2, 0.25) is 10.0 Å². The molecule has 0 unspecified atom stereocenters. The number of sulfonamides is 1. The number of amides is 3. The van der Waals surface area contributed by atoms with Crippen LogP contribution in [0.5, 0.6) is 0 Å². The first kappa shape index (κ1) is 23.6. The smallest absolute Gasteiger partial charge is 0.269 e. The lowest BCUT2D eigenvalue weighted by molar-refractivity contribution is -0.120. The number of nitrogens with one attached hydrogen (secondary N) is 4. The van der Waals surface area contributed by atoms with Crippen molar-refractivity contribution in [2.24, 2.45) is 0 Å². The molecule has 10 heteroatoms. The monoisotopic (exact) mass is 466 g/mol. The van der Waals surface area contributed by atoms with Gasteiger partial charge in [0.05, 0.1) is 11.4 Å². The molecule has 0 saturated heterocycles. The highest BCUT2D eigenvalue weighted by molar-refractivity contribution is 7.89. The Morgan fingerprint density at radius 1 is 0.697 bits per heavy atom. The molecule has 0 aliphatic carbocycles. The van der Waals surface area contributed by atoms with Crippen LogP contribution in [0.25, 0.3) is 0 Å². The quantitative estimate of drug-likeness (QED) is 0.372. The fraction of sp³-hybridized carbons (Fsp3) is 0.0870. The van der Waals surface area contributed by atoms with Crippen LogP contribution in [0.15, 0.2) is 89.8 Å². The van der Waals surface area contributed by atoms with E-state index in [1.807, 2.05) is 6.07 Å². The lowest BCUT2D eigenvalue weighted by atomic mass is 10.2. The maximum absolute atomic E-state index is 12.6. The number of carbonyl (C=O) groups is 3. The minimum atomic E-state index is -3.86. The molecule has 3 rings (SSSR count). The topological polar surface area (TPSA) is 133 Å². The van der Waals surface area contributed by atoms with Gasteiger partial charge in [0.15, 0.2) is 0 Å². The van der Waals surface area contributed by atoms with Crippen LogP contribution in [0.1, 0.15) is 26.3 Å². The fourth-order valence-electron chi connectivity index (χ4n) is 2.76. The molecule has 0 aliphatic heterocycles. The summed E-state index contributed by atoms with van der Waals surface area (Å²) in [7, 11) is -3.86. The van der Waals surface area contributed by atoms with Gasteiger partial charge in [0.1, 0.15) is 0 Å². The first-order valence-electron chi connectivity index (χ1n) is 9.91. The maximum Gasteiger partial charge on any atom is 0.269 e. The second kappa shape index (κ2) is 11.0. The Bertz CT molecular complexity index is 1230. The molecule has 0 bridgehead atoms. The van der Waals surface area contributed by atoms with Crippen molar-refractivity contribution in [3.63, 3.8) is 0 Å². The van der Waals surface area contributed by atoms with Crippen molar-refractivity contribution in [3.05, 3.63) is 102 Å². The molecule has 3 aromatic carbocycles. The largest absolute Gasteiger partial charge is 0.343 e. The van der Waals surface area contributed by atoms with Gasteiger partial charge in [-0.1, -0.05) is 54.6 Å². The molecule has 0 aromatic heterocycles. The second-order valence-corrected chi connectivity index (χ2v) is 8.66. The van der Waals surface area contributed by atoms with Crippen molar-refractivity contribution in [2.45, 2.75) is 11.4 Å². The average molecular weight is 467 g/mol. The molecule has 3 aromatic rings. The van der Waals surface area contributed by atoms with Crippen LogP contribution in [0, 0.1) is 0 Å². The van der Waals surface area contributed by atoms with Crippen LogP contribution in [0.2, 0.25) is 0 Å². The van der Waals surface area contributed by atoms with Gasteiger partial charge in [-0.2, -0.15) is 0 Å². The number of hydrogen-bond donors (Lipinski definition) is 4. The zero-order valence-electron chi connectivity index (χ0n) is 17.4. The molecule has 0 fully saturated rings. The number of benzene rings is 3. The van der Waals surface area contributed by atoms with E-state index in [9.17, 15) is 22.8 Å². The standard InChI is InChI=1S/C23H22N4O5S/c28-21(16-24-22(29)18-10-5-2-6-11-18)26-27-23(30)19-12-7-13-20(14-19)33(31,32)25-15-17-8-3-1-4-9-17/h1-14,25H,15-16H2,(H,24,29)(H,26,28)(H,27,30). The average Bonchev–Trinajstić information content (AvgIpc) is 2.86. The third-order valence-electron chi connectivity index (χ3n) is 4.48. The Hall–Kier alpha value is -4.02. The Morgan fingerprint density at radius 3 is 2.03 bits per heavy atom.